The van der Waals surface area contributed by atoms with Gasteiger partial charge in [-0.2, -0.15) is 0 Å². The number of benzene rings is 1. The molecule has 0 amide bonds. The number of hydrogen-bond donors (Lipinski definition) is 1. The van der Waals surface area contributed by atoms with Gasteiger partial charge in [-0.15, -0.1) is 12.4 Å². The molecule has 122 valence electrons. The fourth-order valence-corrected chi connectivity index (χ4v) is 3.17. The normalized spacial score (nSPS) is 12.1. The average molecular weight is 337 g/mol. The largest absolute Gasteiger partial charge is 0.494 e. The number of rotatable bonds is 7. The number of ether oxygens (including phenoxy) is 1. The highest BCUT2D eigenvalue weighted by Gasteiger charge is 2.27. The van der Waals surface area contributed by atoms with E-state index in [1.54, 1.807) is 31.3 Å². The summed E-state index contributed by atoms with van der Waals surface area (Å²) in [4.78, 5) is 0.260. The van der Waals surface area contributed by atoms with Gasteiger partial charge in [0.15, 0.2) is 0 Å². The van der Waals surface area contributed by atoms with Gasteiger partial charge >= 0.3 is 0 Å². The van der Waals surface area contributed by atoms with Gasteiger partial charge in [-0.1, -0.05) is 13.8 Å². The summed E-state index contributed by atoms with van der Waals surface area (Å²) in [5, 5.41) is 0. The second-order valence-electron chi connectivity index (χ2n) is 5.53. The van der Waals surface area contributed by atoms with Crippen LogP contribution in [0.4, 0.5) is 0 Å². The molecule has 0 atom stereocenters. The Labute approximate surface area is 133 Å². The fourth-order valence-electron chi connectivity index (χ4n) is 1.81. The van der Waals surface area contributed by atoms with Crippen molar-refractivity contribution in [1.29, 1.82) is 0 Å². The lowest BCUT2D eigenvalue weighted by molar-refractivity contribution is 0.292. The first kappa shape index (κ1) is 20.2. The molecule has 0 radical (unpaired) electrons. The molecule has 1 aromatic rings. The molecule has 0 aliphatic heterocycles. The van der Waals surface area contributed by atoms with Crippen LogP contribution >= 0.6 is 12.4 Å². The number of halogens is 1. The van der Waals surface area contributed by atoms with Crippen LogP contribution in [0.1, 0.15) is 20.8 Å². The lowest BCUT2D eigenvalue weighted by atomic mass is 9.94. The van der Waals surface area contributed by atoms with Gasteiger partial charge < -0.3 is 10.5 Å². The molecular formula is C14H25ClN2O3S. The van der Waals surface area contributed by atoms with E-state index in [9.17, 15) is 8.42 Å². The zero-order valence-corrected chi connectivity index (χ0v) is 14.6. The van der Waals surface area contributed by atoms with Crippen LogP contribution in [0, 0.1) is 5.41 Å². The molecule has 0 aliphatic carbocycles. The third-order valence-corrected chi connectivity index (χ3v) is 4.86. The van der Waals surface area contributed by atoms with E-state index in [-0.39, 0.29) is 22.7 Å². The predicted octanol–water partition coefficient (Wildman–Crippen LogP) is 2.11. The van der Waals surface area contributed by atoms with Crippen LogP contribution in [0.25, 0.3) is 0 Å². The molecule has 0 bridgehead atoms. The van der Waals surface area contributed by atoms with Crippen molar-refractivity contribution < 1.29 is 13.2 Å². The number of sulfonamides is 1. The number of nitrogens with two attached hydrogens (primary N) is 1. The van der Waals surface area contributed by atoms with Crippen molar-refractivity contribution in [2.75, 3.05) is 26.7 Å². The third kappa shape index (κ3) is 5.47. The molecule has 0 spiro atoms. The molecule has 1 rings (SSSR count). The average Bonchev–Trinajstić information content (AvgIpc) is 2.39. The van der Waals surface area contributed by atoms with Gasteiger partial charge in [-0.25, -0.2) is 12.7 Å². The summed E-state index contributed by atoms with van der Waals surface area (Å²) in [6.07, 6.45) is 0. The summed E-state index contributed by atoms with van der Waals surface area (Å²) in [7, 11) is -1.92. The Balaban J connectivity index is 0.00000400. The topological polar surface area (TPSA) is 72.6 Å². The van der Waals surface area contributed by atoms with Crippen molar-refractivity contribution in [2.45, 2.75) is 25.7 Å². The van der Waals surface area contributed by atoms with Crippen LogP contribution in [-0.4, -0.2) is 39.5 Å². The van der Waals surface area contributed by atoms with Crippen LogP contribution in [0.15, 0.2) is 29.2 Å². The Bertz CT molecular complexity index is 530. The van der Waals surface area contributed by atoms with E-state index in [0.717, 1.165) is 0 Å². The minimum atomic E-state index is -3.49. The van der Waals surface area contributed by atoms with Crippen LogP contribution < -0.4 is 10.5 Å². The second-order valence-corrected chi connectivity index (χ2v) is 7.58. The molecule has 0 fully saturated rings. The van der Waals surface area contributed by atoms with E-state index >= 15 is 0 Å². The van der Waals surface area contributed by atoms with Gasteiger partial charge in [0.2, 0.25) is 10.0 Å². The maximum Gasteiger partial charge on any atom is 0.242 e. The first-order chi connectivity index (χ1) is 9.23. The van der Waals surface area contributed by atoms with Crippen molar-refractivity contribution in [3.05, 3.63) is 24.3 Å². The van der Waals surface area contributed by atoms with Gasteiger partial charge in [-0.3, -0.25) is 0 Å². The molecule has 21 heavy (non-hydrogen) atoms. The van der Waals surface area contributed by atoms with Crippen molar-refractivity contribution in [1.82, 2.24) is 4.31 Å². The zero-order valence-electron chi connectivity index (χ0n) is 13.0. The quantitative estimate of drug-likeness (QED) is 0.827. The van der Waals surface area contributed by atoms with Crippen LogP contribution in [-0.2, 0) is 10.0 Å². The van der Waals surface area contributed by atoms with E-state index in [4.69, 9.17) is 10.5 Å². The summed E-state index contributed by atoms with van der Waals surface area (Å²) in [6.45, 7) is 7.12. The molecule has 1 aromatic carbocycles. The second kappa shape index (κ2) is 7.98. The smallest absolute Gasteiger partial charge is 0.242 e. The van der Waals surface area contributed by atoms with E-state index < -0.39 is 10.0 Å². The molecule has 2 N–H and O–H groups in total. The van der Waals surface area contributed by atoms with Gasteiger partial charge in [0.25, 0.3) is 0 Å². The van der Waals surface area contributed by atoms with Crippen molar-refractivity contribution >= 4 is 22.4 Å². The Morgan fingerprint density at radius 1 is 1.24 bits per heavy atom. The number of nitrogens with zero attached hydrogens (tertiary/aromatic N) is 1. The van der Waals surface area contributed by atoms with Gasteiger partial charge in [0.1, 0.15) is 5.75 Å². The van der Waals surface area contributed by atoms with Crippen LogP contribution in [0.2, 0.25) is 0 Å². The standard InChI is InChI=1S/C14H24N2O3S.ClH/c1-5-19-12-6-8-13(9-7-12)20(17,18)16(4)11-14(2,3)10-15;/h6-9H,5,10-11,15H2,1-4H3;1H. The highest BCUT2D eigenvalue weighted by molar-refractivity contribution is 7.89. The Hall–Kier alpha value is -0.820. The Morgan fingerprint density at radius 3 is 2.19 bits per heavy atom. The highest BCUT2D eigenvalue weighted by Crippen LogP contribution is 2.22. The highest BCUT2D eigenvalue weighted by atomic mass is 35.5. The molecule has 5 nitrogen and oxygen atoms in total. The predicted molar refractivity (Wildman–Crippen MR) is 87.5 cm³/mol. The molecule has 0 unspecified atom stereocenters. The Morgan fingerprint density at radius 2 is 1.76 bits per heavy atom. The first-order valence-corrected chi connectivity index (χ1v) is 8.06. The van der Waals surface area contributed by atoms with Gasteiger partial charge in [-0.05, 0) is 43.1 Å². The van der Waals surface area contributed by atoms with E-state index in [1.165, 1.54) is 4.31 Å². The van der Waals surface area contributed by atoms with E-state index in [2.05, 4.69) is 0 Å². The lowest BCUT2D eigenvalue weighted by Gasteiger charge is -2.28. The molecule has 0 aliphatic rings. The van der Waals surface area contributed by atoms with Crippen LogP contribution in [0.5, 0.6) is 5.75 Å². The molecule has 7 heteroatoms. The fraction of sp³-hybridized carbons (Fsp3) is 0.571. The molecular weight excluding hydrogens is 312 g/mol. The van der Waals surface area contributed by atoms with Crippen molar-refractivity contribution in [3.63, 3.8) is 0 Å². The minimum Gasteiger partial charge on any atom is -0.494 e. The van der Waals surface area contributed by atoms with E-state index in [1.807, 2.05) is 20.8 Å². The number of hydrogen-bond acceptors (Lipinski definition) is 4. The van der Waals surface area contributed by atoms with Gasteiger partial charge in [0, 0.05) is 13.6 Å². The summed E-state index contributed by atoms with van der Waals surface area (Å²) < 4.78 is 31.5. The molecule has 0 saturated carbocycles. The molecule has 0 heterocycles. The molecule has 0 saturated heterocycles. The monoisotopic (exact) mass is 336 g/mol. The van der Waals surface area contributed by atoms with Crippen molar-refractivity contribution in [3.8, 4) is 5.75 Å². The summed E-state index contributed by atoms with van der Waals surface area (Å²) in [6, 6.07) is 6.45. The van der Waals surface area contributed by atoms with Gasteiger partial charge in [0.05, 0.1) is 11.5 Å². The maximum absolute atomic E-state index is 12.4. The van der Waals surface area contributed by atoms with E-state index in [0.29, 0.717) is 25.4 Å². The van der Waals surface area contributed by atoms with Crippen LogP contribution in [0.3, 0.4) is 0 Å². The summed E-state index contributed by atoms with van der Waals surface area (Å²) >= 11 is 0. The zero-order chi connectivity index (χ0) is 15.4. The third-order valence-electron chi connectivity index (χ3n) is 3.05. The first-order valence-electron chi connectivity index (χ1n) is 6.62. The summed E-state index contributed by atoms with van der Waals surface area (Å²) in [5.41, 5.74) is 5.39. The Kier molecular flexibility index (Phi) is 7.67. The minimum absolute atomic E-state index is 0. The molecule has 0 aromatic heterocycles. The lowest BCUT2D eigenvalue weighted by Crippen LogP contribution is -2.39. The van der Waals surface area contributed by atoms with Crippen molar-refractivity contribution in [2.24, 2.45) is 11.1 Å². The summed E-state index contributed by atoms with van der Waals surface area (Å²) in [5.74, 6) is 0.663. The maximum atomic E-state index is 12.4. The SMILES string of the molecule is CCOc1ccc(S(=O)(=O)N(C)CC(C)(C)CN)cc1.Cl.